The van der Waals surface area contributed by atoms with Crippen molar-refractivity contribution in [1.82, 2.24) is 4.90 Å². The highest BCUT2D eigenvalue weighted by Crippen LogP contribution is 2.55. The quantitative estimate of drug-likeness (QED) is 0.495. The number of benzene rings is 1. The standard InChI is InChI=1S/C25H30ClNO4/c26-13-12-24(31)10-11-25(9-1-2-23(30)27-14-7-20(28)8-15-27)19(17-24)4-3-18-16-21(29)5-6-22(18)25/h1-2,5-6,16,19-20,28-29,31H,3-4,7-11,14-15,17H2/b2-1+/t19-,24+,25-/m0/s1. The highest BCUT2D eigenvalue weighted by Gasteiger charge is 2.50. The molecule has 0 aromatic heterocycles. The second-order valence-corrected chi connectivity index (χ2v) is 9.54. The molecular weight excluding hydrogens is 414 g/mol. The van der Waals surface area contributed by atoms with Gasteiger partial charge in [0.25, 0.3) is 0 Å². The van der Waals surface area contributed by atoms with Gasteiger partial charge in [-0.3, -0.25) is 4.79 Å². The Kier molecular flexibility index (Phi) is 6.35. The fraction of sp³-hybridized carbons (Fsp3) is 0.560. The first-order valence-corrected chi connectivity index (χ1v) is 11.5. The number of fused-ring (bicyclic) bond motifs is 3. The summed E-state index contributed by atoms with van der Waals surface area (Å²) in [6, 6.07) is 5.59. The van der Waals surface area contributed by atoms with Gasteiger partial charge in [-0.15, -0.1) is 0 Å². The Morgan fingerprint density at radius 1 is 1.26 bits per heavy atom. The Hall–Kier alpha value is -2.00. The van der Waals surface area contributed by atoms with E-state index in [4.69, 9.17) is 11.6 Å². The van der Waals surface area contributed by atoms with Gasteiger partial charge in [-0.05, 0) is 98.2 Å². The molecule has 2 aliphatic carbocycles. The van der Waals surface area contributed by atoms with Gasteiger partial charge in [-0.1, -0.05) is 18.1 Å². The second-order valence-electron chi connectivity index (χ2n) is 9.35. The summed E-state index contributed by atoms with van der Waals surface area (Å²) in [5.41, 5.74) is 1.09. The van der Waals surface area contributed by atoms with Gasteiger partial charge in [0.05, 0.1) is 6.10 Å². The first-order chi connectivity index (χ1) is 14.8. The Bertz CT molecular complexity index is 927. The lowest BCUT2D eigenvalue weighted by atomic mass is 9.53. The first kappa shape index (κ1) is 22.2. The van der Waals surface area contributed by atoms with E-state index in [2.05, 4.69) is 11.3 Å². The zero-order chi connectivity index (χ0) is 22.1. The van der Waals surface area contributed by atoms with Gasteiger partial charge in [0, 0.05) is 23.9 Å². The van der Waals surface area contributed by atoms with Crippen LogP contribution in [-0.4, -0.2) is 50.9 Å². The normalized spacial score (nSPS) is 30.9. The van der Waals surface area contributed by atoms with Crippen molar-refractivity contribution in [1.29, 1.82) is 0 Å². The molecule has 3 aliphatic rings. The lowest BCUT2D eigenvalue weighted by Gasteiger charge is -2.52. The van der Waals surface area contributed by atoms with Gasteiger partial charge in [0.15, 0.2) is 0 Å². The molecule has 166 valence electrons. The summed E-state index contributed by atoms with van der Waals surface area (Å²) < 4.78 is 0. The number of nitrogens with zero attached hydrogens (tertiary/aromatic N) is 1. The minimum Gasteiger partial charge on any atom is -0.508 e. The van der Waals surface area contributed by atoms with Crippen LogP contribution in [0.5, 0.6) is 5.75 Å². The lowest BCUT2D eigenvalue weighted by Crippen LogP contribution is -2.49. The number of aromatic hydroxyl groups is 1. The Balaban J connectivity index is 1.58. The topological polar surface area (TPSA) is 81.0 Å². The largest absolute Gasteiger partial charge is 0.508 e. The molecule has 6 heteroatoms. The predicted molar refractivity (Wildman–Crippen MR) is 120 cm³/mol. The summed E-state index contributed by atoms with van der Waals surface area (Å²) in [4.78, 5) is 14.4. The minimum absolute atomic E-state index is 0.0121. The SMILES string of the molecule is O=C(/C=C/C[C@]12CC[C@@](O)(C#CCl)C[C@@H]1CCc1cc(O)ccc12)N1CCC(O)CC1. The van der Waals surface area contributed by atoms with Crippen molar-refractivity contribution >= 4 is 17.5 Å². The fourth-order valence-electron chi connectivity index (χ4n) is 5.82. The number of rotatable bonds is 3. The third kappa shape index (κ3) is 4.48. The summed E-state index contributed by atoms with van der Waals surface area (Å²) in [5, 5.41) is 32.9. The van der Waals surface area contributed by atoms with Gasteiger partial charge in [0.2, 0.25) is 5.91 Å². The molecule has 1 aliphatic heterocycles. The molecule has 3 atom stereocenters. The van der Waals surface area contributed by atoms with Crippen molar-refractivity contribution in [3.05, 3.63) is 41.5 Å². The van der Waals surface area contributed by atoms with Crippen molar-refractivity contribution in [2.45, 2.75) is 68.5 Å². The van der Waals surface area contributed by atoms with Gasteiger partial charge >= 0.3 is 0 Å². The number of aliphatic hydroxyl groups is 2. The van der Waals surface area contributed by atoms with Gasteiger partial charge < -0.3 is 20.2 Å². The number of carbonyl (C=O) groups excluding carboxylic acids is 1. The third-order valence-electron chi connectivity index (χ3n) is 7.54. The molecule has 2 fully saturated rings. The van der Waals surface area contributed by atoms with E-state index in [-0.39, 0.29) is 29.1 Å². The van der Waals surface area contributed by atoms with Crippen LogP contribution in [0.15, 0.2) is 30.4 Å². The van der Waals surface area contributed by atoms with Crippen molar-refractivity contribution in [3.63, 3.8) is 0 Å². The molecule has 1 saturated carbocycles. The summed E-state index contributed by atoms with van der Waals surface area (Å²) in [6.07, 6.45) is 8.85. The zero-order valence-electron chi connectivity index (χ0n) is 17.7. The number of aryl methyl sites for hydroxylation is 1. The minimum atomic E-state index is -1.07. The number of allylic oxidation sites excluding steroid dienone is 1. The van der Waals surface area contributed by atoms with Crippen LogP contribution in [0.3, 0.4) is 0 Å². The van der Waals surface area contributed by atoms with E-state index in [0.29, 0.717) is 45.2 Å². The van der Waals surface area contributed by atoms with Crippen LogP contribution in [-0.2, 0) is 16.6 Å². The molecule has 0 radical (unpaired) electrons. The van der Waals surface area contributed by atoms with Crippen molar-refractivity contribution in [3.8, 4) is 17.0 Å². The van der Waals surface area contributed by atoms with E-state index in [1.165, 1.54) is 5.56 Å². The van der Waals surface area contributed by atoms with Crippen LogP contribution in [0, 0.1) is 17.2 Å². The molecular formula is C25H30ClNO4. The average Bonchev–Trinajstić information content (AvgIpc) is 2.74. The Morgan fingerprint density at radius 2 is 2.03 bits per heavy atom. The van der Waals surface area contributed by atoms with Crippen LogP contribution in [0.2, 0.25) is 0 Å². The molecule has 1 heterocycles. The molecule has 31 heavy (non-hydrogen) atoms. The second kappa shape index (κ2) is 8.86. The summed E-state index contributed by atoms with van der Waals surface area (Å²) in [7, 11) is 0. The maximum atomic E-state index is 12.6. The number of piperidine rings is 1. The third-order valence-corrected chi connectivity index (χ3v) is 7.63. The number of phenols is 1. The molecule has 4 rings (SSSR count). The average molecular weight is 444 g/mol. The van der Waals surface area contributed by atoms with Crippen LogP contribution in [0.4, 0.5) is 0 Å². The molecule has 1 aromatic rings. The van der Waals surface area contributed by atoms with E-state index < -0.39 is 5.60 Å². The highest BCUT2D eigenvalue weighted by molar-refractivity contribution is 6.30. The summed E-state index contributed by atoms with van der Waals surface area (Å²) in [5.74, 6) is 3.27. The van der Waals surface area contributed by atoms with Gasteiger partial charge in [0.1, 0.15) is 11.4 Å². The lowest BCUT2D eigenvalue weighted by molar-refractivity contribution is -0.127. The van der Waals surface area contributed by atoms with Gasteiger partial charge in [-0.2, -0.15) is 0 Å². The number of hydrogen-bond acceptors (Lipinski definition) is 4. The Morgan fingerprint density at radius 3 is 2.77 bits per heavy atom. The van der Waals surface area contributed by atoms with E-state index in [1.54, 1.807) is 17.0 Å². The first-order valence-electron chi connectivity index (χ1n) is 11.2. The molecule has 5 nitrogen and oxygen atoms in total. The van der Waals surface area contributed by atoms with E-state index in [0.717, 1.165) is 24.8 Å². The fourth-order valence-corrected chi connectivity index (χ4v) is 5.99. The van der Waals surface area contributed by atoms with E-state index in [1.807, 2.05) is 18.2 Å². The van der Waals surface area contributed by atoms with Crippen molar-refractivity contribution < 1.29 is 20.1 Å². The van der Waals surface area contributed by atoms with Crippen LogP contribution in [0.25, 0.3) is 0 Å². The van der Waals surface area contributed by atoms with Crippen LogP contribution >= 0.6 is 11.6 Å². The molecule has 1 amide bonds. The molecule has 0 bridgehead atoms. The number of likely N-dealkylation sites (tertiary alicyclic amines) is 1. The molecule has 0 spiro atoms. The maximum absolute atomic E-state index is 12.6. The van der Waals surface area contributed by atoms with Crippen LogP contribution in [0.1, 0.15) is 56.1 Å². The zero-order valence-corrected chi connectivity index (χ0v) is 18.4. The predicted octanol–water partition coefficient (Wildman–Crippen LogP) is 3.24. The van der Waals surface area contributed by atoms with Crippen molar-refractivity contribution in [2.75, 3.05) is 13.1 Å². The highest BCUT2D eigenvalue weighted by atomic mass is 35.5. The number of carbonyl (C=O) groups is 1. The van der Waals surface area contributed by atoms with Crippen molar-refractivity contribution in [2.24, 2.45) is 5.92 Å². The monoisotopic (exact) mass is 443 g/mol. The van der Waals surface area contributed by atoms with E-state index in [9.17, 15) is 20.1 Å². The molecule has 3 N–H and O–H groups in total. The van der Waals surface area contributed by atoms with E-state index >= 15 is 0 Å². The smallest absolute Gasteiger partial charge is 0.246 e. The number of aliphatic hydroxyl groups excluding tert-OH is 1. The summed E-state index contributed by atoms with van der Waals surface area (Å²) in [6.45, 7) is 1.18. The molecule has 0 unspecified atom stereocenters. The number of halogens is 1. The maximum Gasteiger partial charge on any atom is 0.246 e. The van der Waals surface area contributed by atoms with Gasteiger partial charge in [-0.25, -0.2) is 0 Å². The van der Waals surface area contributed by atoms with Crippen LogP contribution < -0.4 is 0 Å². The Labute approximate surface area is 188 Å². The molecule has 1 aromatic carbocycles. The number of hydrogen-bond donors (Lipinski definition) is 3. The number of phenolic OH excluding ortho intramolecular Hbond substituents is 1. The number of amides is 1. The molecule has 1 saturated heterocycles. The summed E-state index contributed by atoms with van der Waals surface area (Å²) >= 11 is 5.62.